The number of phosphoric acid groups is 1. The van der Waals surface area contributed by atoms with Crippen molar-refractivity contribution in [1.82, 2.24) is 9.55 Å². The van der Waals surface area contributed by atoms with Gasteiger partial charge < -0.3 is 28.8 Å². The first-order valence-electron chi connectivity index (χ1n) is 11.1. The Kier molecular flexibility index (Phi) is 12.7. The van der Waals surface area contributed by atoms with Crippen LogP contribution in [0.5, 0.6) is 0 Å². The molecule has 39 heavy (non-hydrogen) atoms. The van der Waals surface area contributed by atoms with Crippen LogP contribution in [0, 0.1) is 0 Å². The summed E-state index contributed by atoms with van der Waals surface area (Å²) in [6, 6.07) is 0.760. The highest BCUT2D eigenvalue weighted by Crippen LogP contribution is 2.51. The molecule has 0 aromatic carbocycles. The minimum Gasteiger partial charge on any atom is -0.432 e. The first-order valence-corrected chi connectivity index (χ1v) is 12.5. The third-order valence-electron chi connectivity index (χ3n) is 4.37. The number of aromatic nitrogens is 2. The summed E-state index contributed by atoms with van der Waals surface area (Å²) in [6.07, 6.45) is -6.12. The maximum Gasteiger partial charge on any atom is 0.510 e. The van der Waals surface area contributed by atoms with E-state index in [1.807, 2.05) is 0 Å². The van der Waals surface area contributed by atoms with Gasteiger partial charge in [0.15, 0.2) is 5.72 Å². The largest absolute Gasteiger partial charge is 0.510 e. The van der Waals surface area contributed by atoms with E-state index >= 15 is 8.78 Å². The number of methoxy groups -OCH3 is 1. The normalized spacial score (nSPS) is 15.8. The Morgan fingerprint density at radius 1 is 1.05 bits per heavy atom. The van der Waals surface area contributed by atoms with Gasteiger partial charge in [-0.15, -0.1) is 0 Å². The summed E-state index contributed by atoms with van der Waals surface area (Å²) >= 11 is 0. The first-order chi connectivity index (χ1) is 18.0. The van der Waals surface area contributed by atoms with Gasteiger partial charge in [0.2, 0.25) is 19.8 Å². The zero-order valence-electron chi connectivity index (χ0n) is 21.9. The van der Waals surface area contributed by atoms with Gasteiger partial charge in [-0.3, -0.25) is 18.9 Å². The fourth-order valence-corrected chi connectivity index (χ4v) is 3.47. The Bertz CT molecular complexity index is 1090. The van der Waals surface area contributed by atoms with E-state index in [9.17, 15) is 28.8 Å². The SMILES string of the molecule is CO[C@](F)(COP(=O)(OCOC(=O)OC(C)C)OCOC(=O)OC(C)C)[C@@H](F)[C@@](C)(O)n1ccc(=O)[nH]c1=O. The molecule has 0 aliphatic carbocycles. The Labute approximate surface area is 220 Å². The van der Waals surface area contributed by atoms with E-state index in [4.69, 9.17) is 13.6 Å². The molecule has 2 N–H and O–H groups in total. The molecule has 16 nitrogen and oxygen atoms in total. The quantitative estimate of drug-likeness (QED) is 0.170. The summed E-state index contributed by atoms with van der Waals surface area (Å²) in [5.41, 5.74) is -5.16. The Hall–Kier alpha value is -2.89. The molecule has 0 unspecified atom stereocenters. The van der Waals surface area contributed by atoms with Crippen LogP contribution in [0.15, 0.2) is 21.9 Å². The average molecular weight is 592 g/mol. The van der Waals surface area contributed by atoms with Crippen molar-refractivity contribution in [3.63, 3.8) is 0 Å². The van der Waals surface area contributed by atoms with Crippen LogP contribution in [0.25, 0.3) is 0 Å². The van der Waals surface area contributed by atoms with Crippen LogP contribution in [-0.2, 0) is 47.5 Å². The summed E-state index contributed by atoms with van der Waals surface area (Å²) in [5.74, 6) is -3.64. The second kappa shape index (κ2) is 14.5. The van der Waals surface area contributed by atoms with Crippen LogP contribution in [0.3, 0.4) is 0 Å². The molecule has 0 aliphatic rings. The van der Waals surface area contributed by atoms with E-state index in [1.165, 1.54) is 27.7 Å². The van der Waals surface area contributed by atoms with Gasteiger partial charge in [-0.2, -0.15) is 0 Å². The van der Waals surface area contributed by atoms with E-state index in [0.717, 1.165) is 6.07 Å². The number of nitrogens with one attached hydrogen (secondary N) is 1. The number of ether oxygens (including phenoxy) is 5. The molecular weight excluding hydrogens is 561 g/mol. The molecule has 0 saturated carbocycles. The van der Waals surface area contributed by atoms with Crippen molar-refractivity contribution < 1.29 is 65.3 Å². The summed E-state index contributed by atoms with van der Waals surface area (Å²) in [7, 11) is -4.38. The highest BCUT2D eigenvalue weighted by atomic mass is 31.2. The molecule has 1 aromatic rings. The number of phosphoric ester groups is 1. The molecule has 0 saturated heterocycles. The number of H-pyrrole nitrogens is 1. The molecule has 0 aliphatic heterocycles. The van der Waals surface area contributed by atoms with Gasteiger partial charge >= 0.3 is 25.8 Å². The fraction of sp³-hybridized carbons (Fsp3) is 0.700. The Morgan fingerprint density at radius 3 is 1.95 bits per heavy atom. The van der Waals surface area contributed by atoms with Crippen LogP contribution in [0.1, 0.15) is 34.6 Å². The van der Waals surface area contributed by atoms with Crippen molar-refractivity contribution in [3.05, 3.63) is 33.1 Å². The Morgan fingerprint density at radius 2 is 1.54 bits per heavy atom. The number of nitrogens with zero attached hydrogens (tertiary/aromatic N) is 1. The average Bonchev–Trinajstić information content (AvgIpc) is 2.81. The molecule has 224 valence electrons. The third-order valence-corrected chi connectivity index (χ3v) is 5.66. The van der Waals surface area contributed by atoms with Crippen LogP contribution in [0.4, 0.5) is 18.4 Å². The van der Waals surface area contributed by atoms with Crippen molar-refractivity contribution in [2.75, 3.05) is 27.3 Å². The molecule has 3 atom stereocenters. The fourth-order valence-electron chi connectivity index (χ4n) is 2.55. The lowest BCUT2D eigenvalue weighted by molar-refractivity contribution is -0.251. The van der Waals surface area contributed by atoms with Gasteiger partial charge in [0, 0.05) is 19.4 Å². The lowest BCUT2D eigenvalue weighted by atomic mass is 10.0. The smallest absolute Gasteiger partial charge is 0.432 e. The van der Waals surface area contributed by atoms with Crippen LogP contribution < -0.4 is 11.2 Å². The highest BCUT2D eigenvalue weighted by Gasteiger charge is 2.54. The summed E-state index contributed by atoms with van der Waals surface area (Å²) < 4.78 is 81.1. The predicted octanol–water partition coefficient (Wildman–Crippen LogP) is 2.05. The number of rotatable bonds is 15. The molecule has 0 spiro atoms. The number of aliphatic hydroxyl groups is 1. The second-order valence-corrected chi connectivity index (χ2v) is 9.93. The lowest BCUT2D eigenvalue weighted by Gasteiger charge is -2.36. The second-order valence-electron chi connectivity index (χ2n) is 8.26. The molecule has 0 radical (unpaired) electrons. The molecule has 0 bridgehead atoms. The van der Waals surface area contributed by atoms with Crippen molar-refractivity contribution in [3.8, 4) is 0 Å². The Balaban J connectivity index is 3.07. The maximum atomic E-state index is 15.5. The number of carbonyl (C=O) groups is 2. The summed E-state index contributed by atoms with van der Waals surface area (Å²) in [5, 5.41) is 10.6. The minimum atomic E-state index is -5.04. The van der Waals surface area contributed by atoms with Gasteiger partial charge in [-0.1, -0.05) is 0 Å². The number of halogens is 2. The van der Waals surface area contributed by atoms with E-state index in [-0.39, 0.29) is 4.57 Å². The van der Waals surface area contributed by atoms with Gasteiger partial charge in [-0.05, 0) is 34.6 Å². The first kappa shape index (κ1) is 34.1. The molecular formula is C20H31F2N2O14P. The van der Waals surface area contributed by atoms with Crippen LogP contribution >= 0.6 is 7.82 Å². The molecule has 1 rings (SSSR count). The topological polar surface area (TPSA) is 200 Å². The zero-order valence-corrected chi connectivity index (χ0v) is 22.8. The van der Waals surface area contributed by atoms with Gasteiger partial charge in [-0.25, -0.2) is 36.8 Å². The van der Waals surface area contributed by atoms with Crippen molar-refractivity contribution >= 4 is 20.1 Å². The van der Waals surface area contributed by atoms with Crippen molar-refractivity contribution in [1.29, 1.82) is 0 Å². The third kappa shape index (κ3) is 10.7. The van der Waals surface area contributed by atoms with Crippen LogP contribution in [-0.4, -0.2) is 78.5 Å². The number of hydrogen-bond donors (Lipinski definition) is 2. The molecule has 1 aromatic heterocycles. The maximum absolute atomic E-state index is 15.5. The van der Waals surface area contributed by atoms with E-state index in [0.29, 0.717) is 20.2 Å². The molecule has 0 amide bonds. The van der Waals surface area contributed by atoms with Gasteiger partial charge in [0.1, 0.15) is 6.61 Å². The number of alkyl halides is 2. The van der Waals surface area contributed by atoms with Crippen LogP contribution in [0.2, 0.25) is 0 Å². The molecule has 1 heterocycles. The van der Waals surface area contributed by atoms with E-state index in [2.05, 4.69) is 23.7 Å². The van der Waals surface area contributed by atoms with Crippen molar-refractivity contribution in [2.24, 2.45) is 0 Å². The summed E-state index contributed by atoms with van der Waals surface area (Å²) in [4.78, 5) is 48.0. The zero-order chi connectivity index (χ0) is 30.0. The van der Waals surface area contributed by atoms with Gasteiger partial charge in [0.25, 0.3) is 11.4 Å². The number of aromatic amines is 1. The van der Waals surface area contributed by atoms with Gasteiger partial charge in [0.05, 0.1) is 12.2 Å². The minimum absolute atomic E-state index is 0.265. The van der Waals surface area contributed by atoms with E-state index in [1.54, 1.807) is 4.98 Å². The summed E-state index contributed by atoms with van der Waals surface area (Å²) in [6.45, 7) is 2.78. The predicted molar refractivity (Wildman–Crippen MR) is 124 cm³/mol. The lowest BCUT2D eigenvalue weighted by Crippen LogP contribution is -2.57. The van der Waals surface area contributed by atoms with E-state index < -0.39 is 81.5 Å². The number of carbonyl (C=O) groups excluding carboxylic acids is 2. The molecule has 0 fully saturated rings. The molecule has 19 heteroatoms. The number of hydrogen-bond acceptors (Lipinski definition) is 14. The van der Waals surface area contributed by atoms with Crippen molar-refractivity contribution in [2.45, 2.75) is 64.6 Å². The highest BCUT2D eigenvalue weighted by molar-refractivity contribution is 7.48. The standard InChI is InChI=1S/C20H31F2N2O14P/c1-12(2)37-17(27)32-10-35-39(30,36-11-33-18(28)38-13(3)4)34-9-20(22,31-6)15(21)19(5,29)24-8-7-14(25)23-16(24)26/h7-8,12-13,15,29H,9-11H2,1-6H3,(H,23,25,26)/t15-,19+,20+/m0/s1. The monoisotopic (exact) mass is 592 g/mol.